The third-order valence-corrected chi connectivity index (χ3v) is 4.94. The number of likely N-dealkylation sites (tertiary alicyclic amines) is 1. The molecule has 0 spiro atoms. The Morgan fingerprint density at radius 3 is 2.33 bits per heavy atom. The lowest BCUT2D eigenvalue weighted by molar-refractivity contribution is -0.131. The minimum atomic E-state index is -0.313. The van der Waals surface area contributed by atoms with Crippen LogP contribution in [-0.2, 0) is 9.53 Å². The number of carbonyl (C=O) groups excluding carboxylic acids is 2. The summed E-state index contributed by atoms with van der Waals surface area (Å²) in [5.74, 6) is 0.697. The number of urea groups is 1. The van der Waals surface area contributed by atoms with Crippen LogP contribution in [0, 0.1) is 5.92 Å². The molecule has 24 heavy (non-hydrogen) atoms. The molecule has 0 aromatic rings. The van der Waals surface area contributed by atoms with E-state index in [4.69, 9.17) is 4.74 Å². The minimum absolute atomic E-state index is 0.00730. The van der Waals surface area contributed by atoms with Crippen molar-refractivity contribution in [2.45, 2.75) is 45.3 Å². The molecule has 3 amide bonds. The lowest BCUT2D eigenvalue weighted by Gasteiger charge is -2.37. The molecule has 138 valence electrons. The summed E-state index contributed by atoms with van der Waals surface area (Å²) in [5.41, 5.74) is 0. The van der Waals surface area contributed by atoms with E-state index in [-0.39, 0.29) is 18.5 Å². The molecule has 2 atom stereocenters. The molecule has 0 saturated carbocycles. The molecule has 7 heteroatoms. The highest BCUT2D eigenvalue weighted by atomic mass is 16.5. The van der Waals surface area contributed by atoms with Gasteiger partial charge in [-0.1, -0.05) is 0 Å². The van der Waals surface area contributed by atoms with Crippen molar-refractivity contribution in [2.24, 2.45) is 5.92 Å². The molecule has 0 aromatic heterocycles. The number of rotatable bonds is 5. The van der Waals surface area contributed by atoms with Crippen LogP contribution < -0.4 is 10.6 Å². The maximum atomic E-state index is 12.1. The van der Waals surface area contributed by atoms with Gasteiger partial charge in [0.15, 0.2) is 0 Å². The van der Waals surface area contributed by atoms with E-state index < -0.39 is 0 Å². The summed E-state index contributed by atoms with van der Waals surface area (Å²) >= 11 is 0. The van der Waals surface area contributed by atoms with Gasteiger partial charge in [0.1, 0.15) is 0 Å². The van der Waals surface area contributed by atoms with E-state index >= 15 is 0 Å². The first-order valence-electron chi connectivity index (χ1n) is 9.09. The van der Waals surface area contributed by atoms with Gasteiger partial charge in [-0.25, -0.2) is 4.79 Å². The SMILES string of the molecule is CNC(=O)NCC(=O)N1CCC(CCN2CC(C)OC(C)C2)CC1. The van der Waals surface area contributed by atoms with Gasteiger partial charge in [-0.05, 0) is 45.6 Å². The van der Waals surface area contributed by atoms with Crippen LogP contribution in [0.4, 0.5) is 4.79 Å². The molecule has 0 radical (unpaired) electrons. The first kappa shape index (κ1) is 19.0. The van der Waals surface area contributed by atoms with Crippen LogP contribution in [0.1, 0.15) is 33.1 Å². The topological polar surface area (TPSA) is 73.9 Å². The Morgan fingerprint density at radius 1 is 1.12 bits per heavy atom. The number of ether oxygens (including phenoxy) is 1. The smallest absolute Gasteiger partial charge is 0.314 e. The molecular weight excluding hydrogens is 308 g/mol. The van der Waals surface area contributed by atoms with Crippen LogP contribution in [0.5, 0.6) is 0 Å². The van der Waals surface area contributed by atoms with Crippen LogP contribution in [0.2, 0.25) is 0 Å². The number of amides is 3. The van der Waals surface area contributed by atoms with Crippen LogP contribution in [0.25, 0.3) is 0 Å². The van der Waals surface area contributed by atoms with E-state index in [9.17, 15) is 9.59 Å². The summed E-state index contributed by atoms with van der Waals surface area (Å²) in [5, 5.41) is 5.01. The summed E-state index contributed by atoms with van der Waals surface area (Å²) in [6.45, 7) is 9.12. The van der Waals surface area contributed by atoms with Crippen LogP contribution >= 0.6 is 0 Å². The van der Waals surface area contributed by atoms with E-state index in [2.05, 4.69) is 29.4 Å². The summed E-state index contributed by atoms with van der Waals surface area (Å²) in [6.07, 6.45) is 3.95. The number of hydrogen-bond acceptors (Lipinski definition) is 4. The van der Waals surface area contributed by atoms with E-state index in [0.717, 1.165) is 45.6 Å². The first-order valence-corrected chi connectivity index (χ1v) is 9.09. The lowest BCUT2D eigenvalue weighted by atomic mass is 9.93. The highest BCUT2D eigenvalue weighted by Crippen LogP contribution is 2.22. The molecule has 2 aliphatic rings. The minimum Gasteiger partial charge on any atom is -0.373 e. The normalized spacial score (nSPS) is 26.2. The summed E-state index contributed by atoms with van der Waals surface area (Å²) in [4.78, 5) is 27.6. The summed E-state index contributed by atoms with van der Waals surface area (Å²) in [6, 6.07) is -0.313. The molecule has 2 aliphatic heterocycles. The van der Waals surface area contributed by atoms with Gasteiger partial charge in [-0.2, -0.15) is 0 Å². The first-order chi connectivity index (χ1) is 11.5. The second-order valence-corrected chi connectivity index (χ2v) is 7.06. The van der Waals surface area contributed by atoms with Gasteiger partial charge in [-0.15, -0.1) is 0 Å². The molecule has 2 saturated heterocycles. The zero-order valence-electron chi connectivity index (χ0n) is 15.2. The predicted octanol–water partition coefficient (Wildman–Crippen LogP) is 0.653. The molecule has 2 fully saturated rings. The van der Waals surface area contributed by atoms with Gasteiger partial charge in [0.25, 0.3) is 0 Å². The van der Waals surface area contributed by atoms with Crippen LogP contribution in [0.15, 0.2) is 0 Å². The van der Waals surface area contributed by atoms with Crippen molar-refractivity contribution in [1.82, 2.24) is 20.4 Å². The van der Waals surface area contributed by atoms with Crippen molar-refractivity contribution in [3.8, 4) is 0 Å². The second kappa shape index (κ2) is 9.22. The Kier molecular flexibility index (Phi) is 7.30. The van der Waals surface area contributed by atoms with Gasteiger partial charge in [0, 0.05) is 33.2 Å². The van der Waals surface area contributed by atoms with Crippen molar-refractivity contribution in [3.05, 3.63) is 0 Å². The quantitative estimate of drug-likeness (QED) is 0.771. The Balaban J connectivity index is 1.64. The standard InChI is InChI=1S/C17H32N4O3/c1-13-11-20(12-14(2)24-13)7-4-15-5-8-21(9-6-15)16(22)10-19-17(23)18-3/h13-15H,4-12H2,1-3H3,(H2,18,19,23). The summed E-state index contributed by atoms with van der Waals surface area (Å²) in [7, 11) is 1.54. The lowest BCUT2D eigenvalue weighted by Crippen LogP contribution is -2.47. The molecule has 2 rings (SSSR count). The molecule has 0 bridgehead atoms. The van der Waals surface area contributed by atoms with Gasteiger partial charge in [0.2, 0.25) is 5.91 Å². The fourth-order valence-corrected chi connectivity index (χ4v) is 3.66. The highest BCUT2D eigenvalue weighted by Gasteiger charge is 2.25. The molecule has 2 unspecified atom stereocenters. The number of morpholine rings is 1. The fourth-order valence-electron chi connectivity index (χ4n) is 3.66. The zero-order valence-corrected chi connectivity index (χ0v) is 15.2. The Morgan fingerprint density at radius 2 is 1.75 bits per heavy atom. The van der Waals surface area contributed by atoms with E-state index in [1.807, 2.05) is 4.90 Å². The molecular formula is C17H32N4O3. The van der Waals surface area contributed by atoms with Gasteiger partial charge in [-0.3, -0.25) is 9.69 Å². The Bertz CT molecular complexity index is 414. The fraction of sp³-hybridized carbons (Fsp3) is 0.882. The van der Waals surface area contributed by atoms with Crippen molar-refractivity contribution in [1.29, 1.82) is 0 Å². The second-order valence-electron chi connectivity index (χ2n) is 7.06. The van der Waals surface area contributed by atoms with Crippen molar-refractivity contribution >= 4 is 11.9 Å². The number of piperidine rings is 1. The number of nitrogens with one attached hydrogen (secondary N) is 2. The van der Waals surface area contributed by atoms with Crippen LogP contribution in [-0.4, -0.2) is 80.3 Å². The van der Waals surface area contributed by atoms with Crippen molar-refractivity contribution in [3.63, 3.8) is 0 Å². The largest absolute Gasteiger partial charge is 0.373 e. The molecule has 0 aromatic carbocycles. The third kappa shape index (κ3) is 5.94. The average Bonchev–Trinajstić information content (AvgIpc) is 2.57. The van der Waals surface area contributed by atoms with E-state index in [1.165, 1.54) is 6.42 Å². The number of nitrogens with zero attached hydrogens (tertiary/aromatic N) is 2. The predicted molar refractivity (Wildman–Crippen MR) is 92.8 cm³/mol. The Hall–Kier alpha value is -1.34. The van der Waals surface area contributed by atoms with Gasteiger partial charge in [0.05, 0.1) is 18.8 Å². The number of carbonyl (C=O) groups is 2. The molecule has 0 aliphatic carbocycles. The van der Waals surface area contributed by atoms with Gasteiger partial charge < -0.3 is 20.3 Å². The van der Waals surface area contributed by atoms with Crippen molar-refractivity contribution in [2.75, 3.05) is 46.3 Å². The van der Waals surface area contributed by atoms with Gasteiger partial charge >= 0.3 is 6.03 Å². The average molecular weight is 340 g/mol. The van der Waals surface area contributed by atoms with Crippen molar-refractivity contribution < 1.29 is 14.3 Å². The van der Waals surface area contributed by atoms with Crippen LogP contribution in [0.3, 0.4) is 0 Å². The van der Waals surface area contributed by atoms with E-state index in [1.54, 1.807) is 7.05 Å². The third-order valence-electron chi connectivity index (χ3n) is 4.94. The number of hydrogen-bond donors (Lipinski definition) is 2. The zero-order chi connectivity index (χ0) is 17.5. The monoisotopic (exact) mass is 340 g/mol. The van der Waals surface area contributed by atoms with E-state index in [0.29, 0.717) is 18.1 Å². The highest BCUT2D eigenvalue weighted by molar-refractivity contribution is 5.83. The maximum Gasteiger partial charge on any atom is 0.314 e. The maximum absolute atomic E-state index is 12.1. The Labute approximate surface area is 145 Å². The molecule has 2 N–H and O–H groups in total. The molecule has 7 nitrogen and oxygen atoms in total. The molecule has 2 heterocycles. The summed E-state index contributed by atoms with van der Waals surface area (Å²) < 4.78 is 5.78.